The molecule has 0 aliphatic carbocycles. The smallest absolute Gasteiger partial charge is 0.282 e. The zero-order valence-electron chi connectivity index (χ0n) is 18.4. The van der Waals surface area contributed by atoms with Crippen LogP contribution in [0.15, 0.2) is 84.6 Å². The number of pyridine rings is 1. The second-order valence-electron chi connectivity index (χ2n) is 7.83. The number of hydrogen-bond donors (Lipinski definition) is 1. The van der Waals surface area contributed by atoms with Crippen LogP contribution in [-0.2, 0) is 16.0 Å². The predicted molar refractivity (Wildman–Crippen MR) is 129 cm³/mol. The average molecular weight is 437 g/mol. The number of benzene rings is 2. The van der Waals surface area contributed by atoms with Crippen LogP contribution in [0.2, 0.25) is 0 Å². The molecule has 0 bridgehead atoms. The standard InChI is InChI=1S/C27H23N3O3/c1-3-18-9-10-21-15-23(19-7-5-4-6-8-19)25(29(21)17-18)16-24-26(31)28-30(27(24)32)20-11-13-22(33-2)14-12-20/h4-17H,3H2,1-2H3,(H,28,31). The highest BCUT2D eigenvalue weighted by Crippen LogP contribution is 2.31. The molecule has 1 aliphatic rings. The van der Waals surface area contributed by atoms with E-state index in [1.54, 1.807) is 37.5 Å². The number of hydrogen-bond acceptors (Lipinski definition) is 3. The Hall–Kier alpha value is -4.32. The Morgan fingerprint density at radius 2 is 1.73 bits per heavy atom. The van der Waals surface area contributed by atoms with Gasteiger partial charge in [-0.15, -0.1) is 0 Å². The zero-order chi connectivity index (χ0) is 22.9. The Morgan fingerprint density at radius 3 is 2.42 bits per heavy atom. The van der Waals surface area contributed by atoms with Gasteiger partial charge in [0, 0.05) is 17.3 Å². The van der Waals surface area contributed by atoms with Gasteiger partial charge < -0.3 is 9.14 Å². The van der Waals surface area contributed by atoms with E-state index in [0.717, 1.165) is 28.8 Å². The molecule has 1 N–H and O–H groups in total. The highest BCUT2D eigenvalue weighted by atomic mass is 16.5. The van der Waals surface area contributed by atoms with E-state index in [1.807, 2.05) is 34.7 Å². The molecule has 0 unspecified atom stereocenters. The molecule has 0 radical (unpaired) electrons. The number of hydrazine groups is 1. The van der Waals surface area contributed by atoms with Crippen molar-refractivity contribution < 1.29 is 14.3 Å². The Labute approximate surface area is 191 Å². The van der Waals surface area contributed by atoms with Gasteiger partial charge in [-0.3, -0.25) is 15.0 Å². The number of carbonyl (C=O) groups is 2. The first-order chi connectivity index (χ1) is 16.1. The van der Waals surface area contributed by atoms with E-state index in [9.17, 15) is 9.59 Å². The fourth-order valence-corrected chi connectivity index (χ4v) is 4.05. The Bertz CT molecular complexity index is 1390. The third-order valence-corrected chi connectivity index (χ3v) is 5.87. The van der Waals surface area contributed by atoms with Crippen molar-refractivity contribution in [3.63, 3.8) is 0 Å². The summed E-state index contributed by atoms with van der Waals surface area (Å²) in [4.78, 5) is 26.1. The summed E-state index contributed by atoms with van der Waals surface area (Å²) in [5.74, 6) is -0.159. The van der Waals surface area contributed by atoms with Crippen LogP contribution in [0, 0.1) is 0 Å². The van der Waals surface area contributed by atoms with Crippen molar-refractivity contribution in [1.29, 1.82) is 0 Å². The summed E-state index contributed by atoms with van der Waals surface area (Å²) in [6.07, 6.45) is 4.64. The molecule has 1 saturated heterocycles. The van der Waals surface area contributed by atoms with E-state index in [0.29, 0.717) is 11.4 Å². The van der Waals surface area contributed by atoms with Gasteiger partial charge in [0.2, 0.25) is 0 Å². The van der Waals surface area contributed by atoms with E-state index in [-0.39, 0.29) is 5.57 Å². The van der Waals surface area contributed by atoms with Gasteiger partial charge in [-0.2, -0.15) is 0 Å². The van der Waals surface area contributed by atoms with Crippen molar-refractivity contribution >= 4 is 29.1 Å². The van der Waals surface area contributed by atoms with Gasteiger partial charge in [-0.25, -0.2) is 5.01 Å². The third-order valence-electron chi connectivity index (χ3n) is 5.87. The van der Waals surface area contributed by atoms with Crippen molar-refractivity contribution in [3.05, 3.63) is 95.8 Å². The molecule has 1 aliphatic heterocycles. The number of aromatic nitrogens is 1. The molecule has 0 saturated carbocycles. The number of rotatable bonds is 5. The second-order valence-corrected chi connectivity index (χ2v) is 7.83. The van der Waals surface area contributed by atoms with Crippen LogP contribution < -0.4 is 15.2 Å². The number of amides is 2. The molecule has 3 heterocycles. The number of methoxy groups -OCH3 is 1. The van der Waals surface area contributed by atoms with E-state index >= 15 is 0 Å². The monoisotopic (exact) mass is 437 g/mol. The molecule has 6 nitrogen and oxygen atoms in total. The quantitative estimate of drug-likeness (QED) is 0.366. The van der Waals surface area contributed by atoms with Crippen molar-refractivity contribution in [2.24, 2.45) is 0 Å². The average Bonchev–Trinajstić information content (AvgIpc) is 3.36. The summed E-state index contributed by atoms with van der Waals surface area (Å²) < 4.78 is 7.23. The maximum absolute atomic E-state index is 13.2. The molecule has 6 heteroatoms. The van der Waals surface area contributed by atoms with Gasteiger partial charge in [0.25, 0.3) is 11.8 Å². The van der Waals surface area contributed by atoms with Crippen LogP contribution >= 0.6 is 0 Å². The van der Waals surface area contributed by atoms with Crippen LogP contribution in [0.1, 0.15) is 18.2 Å². The normalized spacial score (nSPS) is 14.8. The molecular weight excluding hydrogens is 414 g/mol. The Morgan fingerprint density at radius 1 is 0.970 bits per heavy atom. The molecule has 0 atom stereocenters. The van der Waals surface area contributed by atoms with Crippen LogP contribution in [0.5, 0.6) is 5.75 Å². The maximum atomic E-state index is 13.2. The number of anilines is 1. The van der Waals surface area contributed by atoms with Crippen molar-refractivity contribution in [2.75, 3.05) is 12.1 Å². The first-order valence-electron chi connectivity index (χ1n) is 10.8. The van der Waals surface area contributed by atoms with Gasteiger partial charge in [0.15, 0.2) is 0 Å². The highest BCUT2D eigenvalue weighted by molar-refractivity contribution is 6.31. The Kier molecular flexibility index (Phi) is 5.18. The van der Waals surface area contributed by atoms with E-state index < -0.39 is 11.8 Å². The molecular formula is C27H23N3O3. The lowest BCUT2D eigenvalue weighted by atomic mass is 10.0. The van der Waals surface area contributed by atoms with Crippen LogP contribution in [-0.4, -0.2) is 23.3 Å². The van der Waals surface area contributed by atoms with E-state index in [4.69, 9.17) is 4.74 Å². The summed E-state index contributed by atoms with van der Waals surface area (Å²) in [6.45, 7) is 2.10. The Balaban J connectivity index is 1.63. The minimum Gasteiger partial charge on any atom is -0.497 e. The second kappa shape index (κ2) is 8.31. The molecule has 164 valence electrons. The zero-order valence-corrected chi connectivity index (χ0v) is 18.4. The van der Waals surface area contributed by atoms with Gasteiger partial charge in [-0.1, -0.05) is 43.3 Å². The number of nitrogens with zero attached hydrogens (tertiary/aromatic N) is 2. The summed E-state index contributed by atoms with van der Waals surface area (Å²) in [5, 5.41) is 1.27. The third kappa shape index (κ3) is 3.65. The van der Waals surface area contributed by atoms with E-state index in [1.165, 1.54) is 10.6 Å². The van der Waals surface area contributed by atoms with Crippen molar-refractivity contribution in [1.82, 2.24) is 9.83 Å². The molecule has 1 fully saturated rings. The van der Waals surface area contributed by atoms with Crippen LogP contribution in [0.4, 0.5) is 5.69 Å². The minimum absolute atomic E-state index is 0.0879. The summed E-state index contributed by atoms with van der Waals surface area (Å²) >= 11 is 0. The highest BCUT2D eigenvalue weighted by Gasteiger charge is 2.35. The molecule has 5 rings (SSSR count). The number of carbonyl (C=O) groups excluding carboxylic acids is 2. The largest absolute Gasteiger partial charge is 0.497 e. The summed E-state index contributed by atoms with van der Waals surface area (Å²) in [6, 6.07) is 23.2. The number of ether oxygens (including phenoxy) is 1. The van der Waals surface area contributed by atoms with Crippen LogP contribution in [0.25, 0.3) is 22.7 Å². The van der Waals surface area contributed by atoms with Crippen molar-refractivity contribution in [3.8, 4) is 16.9 Å². The van der Waals surface area contributed by atoms with Gasteiger partial charge in [-0.05, 0) is 60.0 Å². The summed E-state index contributed by atoms with van der Waals surface area (Å²) in [7, 11) is 1.58. The van der Waals surface area contributed by atoms with Crippen molar-refractivity contribution in [2.45, 2.75) is 13.3 Å². The van der Waals surface area contributed by atoms with Crippen LogP contribution in [0.3, 0.4) is 0 Å². The molecule has 2 amide bonds. The summed E-state index contributed by atoms with van der Waals surface area (Å²) in [5.41, 5.74) is 8.26. The first-order valence-corrected chi connectivity index (χ1v) is 10.8. The number of fused-ring (bicyclic) bond motifs is 1. The van der Waals surface area contributed by atoms with Gasteiger partial charge in [0.05, 0.1) is 18.5 Å². The van der Waals surface area contributed by atoms with Gasteiger partial charge >= 0.3 is 0 Å². The lowest BCUT2D eigenvalue weighted by molar-refractivity contribution is -0.117. The molecule has 2 aromatic carbocycles. The first kappa shape index (κ1) is 20.6. The minimum atomic E-state index is -0.434. The van der Waals surface area contributed by atoms with E-state index in [2.05, 4.69) is 36.7 Å². The predicted octanol–water partition coefficient (Wildman–Crippen LogP) is 4.64. The SMILES string of the molecule is CCc1ccc2cc(-c3ccccc3)c(C=C3C(=O)NN(c4ccc(OC)cc4)C3=O)n2c1. The topological polar surface area (TPSA) is 63.1 Å². The molecule has 33 heavy (non-hydrogen) atoms. The lowest BCUT2D eigenvalue weighted by Gasteiger charge is -2.14. The number of aryl methyl sites for hydroxylation is 1. The molecule has 4 aromatic rings. The molecule has 0 spiro atoms. The molecule has 2 aromatic heterocycles. The lowest BCUT2D eigenvalue weighted by Crippen LogP contribution is -2.35. The van der Waals surface area contributed by atoms with Gasteiger partial charge in [0.1, 0.15) is 11.3 Å². The number of nitrogens with one attached hydrogen (secondary N) is 1. The fourth-order valence-electron chi connectivity index (χ4n) is 4.05. The maximum Gasteiger partial charge on any atom is 0.282 e. The fraction of sp³-hybridized carbons (Fsp3) is 0.111.